The van der Waals surface area contributed by atoms with Crippen LogP contribution >= 0.6 is 0 Å². The number of amides is 2. The van der Waals surface area contributed by atoms with E-state index in [1.165, 1.54) is 0 Å². The lowest BCUT2D eigenvalue weighted by atomic mass is 10.0. The number of urea groups is 1. The van der Waals surface area contributed by atoms with Crippen LogP contribution in [0.4, 0.5) is 4.79 Å². The number of methoxy groups -OCH3 is 1. The lowest BCUT2D eigenvalue weighted by molar-refractivity contribution is 0.202. The van der Waals surface area contributed by atoms with Crippen LogP contribution in [0.2, 0.25) is 0 Å². The minimum absolute atomic E-state index is 0.0230. The molecule has 1 heterocycles. The maximum absolute atomic E-state index is 12.3. The molecule has 0 saturated carbocycles. The molecule has 1 atom stereocenters. The topological polar surface area (TPSA) is 54.7 Å². The summed E-state index contributed by atoms with van der Waals surface area (Å²) in [5.74, 6) is 0.807. The van der Waals surface area contributed by atoms with E-state index in [1.54, 1.807) is 31.6 Å². The maximum atomic E-state index is 12.3. The van der Waals surface area contributed by atoms with Gasteiger partial charge in [-0.25, -0.2) is 4.79 Å². The summed E-state index contributed by atoms with van der Waals surface area (Å²) in [6.45, 7) is 2.56. The third-order valence-corrected chi connectivity index (χ3v) is 3.57. The van der Waals surface area contributed by atoms with Crippen LogP contribution in [0.3, 0.4) is 0 Å². The van der Waals surface area contributed by atoms with Crippen LogP contribution in [0.25, 0.3) is 0 Å². The van der Waals surface area contributed by atoms with Crippen molar-refractivity contribution in [3.8, 4) is 5.75 Å². The van der Waals surface area contributed by atoms with Gasteiger partial charge in [-0.15, -0.1) is 0 Å². The van der Waals surface area contributed by atoms with E-state index in [4.69, 9.17) is 9.15 Å². The highest BCUT2D eigenvalue weighted by Crippen LogP contribution is 2.20. The minimum Gasteiger partial charge on any atom is -0.497 e. The zero-order valence-corrected chi connectivity index (χ0v) is 13.2. The lowest BCUT2D eigenvalue weighted by Crippen LogP contribution is -2.38. The molecule has 0 aliphatic heterocycles. The van der Waals surface area contributed by atoms with Crippen LogP contribution in [-0.4, -0.2) is 25.1 Å². The van der Waals surface area contributed by atoms with Crippen LogP contribution < -0.4 is 10.1 Å². The first-order valence-corrected chi connectivity index (χ1v) is 7.30. The fourth-order valence-electron chi connectivity index (χ4n) is 2.24. The Bertz CT molecular complexity index is 578. The van der Waals surface area contributed by atoms with Crippen molar-refractivity contribution in [2.24, 2.45) is 0 Å². The highest BCUT2D eigenvalue weighted by molar-refractivity contribution is 5.74. The molecular weight excluding hydrogens is 280 g/mol. The number of nitrogens with zero attached hydrogens (tertiary/aromatic N) is 1. The molecule has 0 saturated heterocycles. The van der Waals surface area contributed by atoms with Gasteiger partial charge in [0.25, 0.3) is 0 Å². The molecule has 22 heavy (non-hydrogen) atoms. The Labute approximate surface area is 130 Å². The first-order valence-electron chi connectivity index (χ1n) is 7.30. The van der Waals surface area contributed by atoms with Gasteiger partial charge in [-0.3, -0.25) is 0 Å². The number of furan rings is 1. The van der Waals surface area contributed by atoms with Crippen LogP contribution in [-0.2, 0) is 6.54 Å². The fourth-order valence-corrected chi connectivity index (χ4v) is 2.24. The summed E-state index contributed by atoms with van der Waals surface area (Å²) >= 11 is 0. The summed E-state index contributed by atoms with van der Waals surface area (Å²) in [5, 5.41) is 3.05. The van der Waals surface area contributed by atoms with E-state index in [1.807, 2.05) is 37.3 Å². The van der Waals surface area contributed by atoms with E-state index in [0.717, 1.165) is 23.3 Å². The molecule has 0 aliphatic rings. The number of rotatable bonds is 6. The molecule has 1 unspecified atom stereocenters. The van der Waals surface area contributed by atoms with E-state index in [-0.39, 0.29) is 12.1 Å². The molecule has 0 aliphatic carbocycles. The van der Waals surface area contributed by atoms with Crippen molar-refractivity contribution in [3.05, 3.63) is 54.0 Å². The standard InChI is InChI=1S/C17H22N2O3/c1-4-16(14-5-7-15(21-3)8-6-14)18-17(20)19(2)11-13-9-10-22-12-13/h5-10,12,16H,4,11H2,1-3H3,(H,18,20). The molecule has 0 bridgehead atoms. The highest BCUT2D eigenvalue weighted by Gasteiger charge is 2.16. The molecule has 118 valence electrons. The van der Waals surface area contributed by atoms with E-state index in [0.29, 0.717) is 6.54 Å². The zero-order valence-electron chi connectivity index (χ0n) is 13.2. The zero-order chi connectivity index (χ0) is 15.9. The Morgan fingerprint density at radius 2 is 2.05 bits per heavy atom. The Balaban J connectivity index is 1.97. The SMILES string of the molecule is CCC(NC(=O)N(C)Cc1ccoc1)c1ccc(OC)cc1. The van der Waals surface area contributed by atoms with Gasteiger partial charge in [0, 0.05) is 12.6 Å². The van der Waals surface area contributed by atoms with Gasteiger partial charge in [0.15, 0.2) is 0 Å². The molecule has 1 aromatic heterocycles. The molecule has 2 amide bonds. The molecule has 0 spiro atoms. The monoisotopic (exact) mass is 302 g/mol. The van der Waals surface area contributed by atoms with E-state index in [9.17, 15) is 4.79 Å². The fraction of sp³-hybridized carbons (Fsp3) is 0.353. The van der Waals surface area contributed by atoms with Gasteiger partial charge in [0.1, 0.15) is 5.75 Å². The number of ether oxygens (including phenoxy) is 1. The smallest absolute Gasteiger partial charge is 0.317 e. The minimum atomic E-state index is -0.108. The van der Waals surface area contributed by atoms with Crippen molar-refractivity contribution in [1.82, 2.24) is 10.2 Å². The third-order valence-electron chi connectivity index (χ3n) is 3.57. The molecular formula is C17H22N2O3. The Morgan fingerprint density at radius 3 is 2.59 bits per heavy atom. The van der Waals surface area contributed by atoms with E-state index < -0.39 is 0 Å². The number of hydrogen-bond donors (Lipinski definition) is 1. The maximum Gasteiger partial charge on any atom is 0.317 e. The van der Waals surface area contributed by atoms with Crippen LogP contribution in [0.5, 0.6) is 5.75 Å². The largest absolute Gasteiger partial charge is 0.497 e. The first kappa shape index (κ1) is 15.9. The number of benzene rings is 1. The van der Waals surface area contributed by atoms with Crippen LogP contribution in [0, 0.1) is 0 Å². The van der Waals surface area contributed by atoms with Crippen LogP contribution in [0.1, 0.15) is 30.5 Å². The molecule has 2 rings (SSSR count). The van der Waals surface area contributed by atoms with Crippen molar-refractivity contribution in [3.63, 3.8) is 0 Å². The Hall–Kier alpha value is -2.43. The Morgan fingerprint density at radius 1 is 1.32 bits per heavy atom. The summed E-state index contributed by atoms with van der Waals surface area (Å²) < 4.78 is 10.2. The van der Waals surface area contributed by atoms with Gasteiger partial charge in [-0.1, -0.05) is 19.1 Å². The van der Waals surface area contributed by atoms with Gasteiger partial charge < -0.3 is 19.4 Å². The molecule has 1 N–H and O–H groups in total. The molecule has 1 aromatic carbocycles. The predicted molar refractivity (Wildman–Crippen MR) is 84.7 cm³/mol. The first-order chi connectivity index (χ1) is 10.6. The van der Waals surface area contributed by atoms with Crippen molar-refractivity contribution in [2.75, 3.05) is 14.2 Å². The van der Waals surface area contributed by atoms with Gasteiger partial charge >= 0.3 is 6.03 Å². The third kappa shape index (κ3) is 4.04. The lowest BCUT2D eigenvalue weighted by Gasteiger charge is -2.23. The molecule has 2 aromatic rings. The number of carbonyl (C=O) groups is 1. The quantitative estimate of drug-likeness (QED) is 0.887. The van der Waals surface area contributed by atoms with Gasteiger partial charge in [0.2, 0.25) is 0 Å². The van der Waals surface area contributed by atoms with E-state index in [2.05, 4.69) is 5.32 Å². The van der Waals surface area contributed by atoms with Gasteiger partial charge in [0.05, 0.1) is 32.2 Å². The predicted octanol–water partition coefficient (Wildman–Crippen LogP) is 3.58. The van der Waals surface area contributed by atoms with Crippen LogP contribution in [0.15, 0.2) is 47.3 Å². The average Bonchev–Trinajstić information content (AvgIpc) is 3.05. The van der Waals surface area contributed by atoms with E-state index >= 15 is 0 Å². The van der Waals surface area contributed by atoms with Gasteiger partial charge in [-0.05, 0) is 30.2 Å². The summed E-state index contributed by atoms with van der Waals surface area (Å²) in [6, 6.07) is 9.48. The summed E-state index contributed by atoms with van der Waals surface area (Å²) in [5.41, 5.74) is 2.03. The summed E-state index contributed by atoms with van der Waals surface area (Å²) in [7, 11) is 3.40. The highest BCUT2D eigenvalue weighted by atomic mass is 16.5. The van der Waals surface area contributed by atoms with Gasteiger partial charge in [-0.2, -0.15) is 0 Å². The summed E-state index contributed by atoms with van der Waals surface area (Å²) in [6.07, 6.45) is 4.06. The average molecular weight is 302 g/mol. The number of carbonyl (C=O) groups excluding carboxylic acids is 1. The summed E-state index contributed by atoms with van der Waals surface area (Å²) in [4.78, 5) is 13.9. The second-order valence-electron chi connectivity index (χ2n) is 5.17. The van der Waals surface area contributed by atoms with Crippen molar-refractivity contribution in [2.45, 2.75) is 25.9 Å². The molecule has 0 radical (unpaired) electrons. The molecule has 5 nitrogen and oxygen atoms in total. The molecule has 5 heteroatoms. The normalized spacial score (nSPS) is 11.8. The number of nitrogens with one attached hydrogen (secondary N) is 1. The Kier molecular flexibility index (Phi) is 5.47. The van der Waals surface area contributed by atoms with Crippen molar-refractivity contribution in [1.29, 1.82) is 0 Å². The number of hydrogen-bond acceptors (Lipinski definition) is 3. The van der Waals surface area contributed by atoms with Crippen molar-refractivity contribution >= 4 is 6.03 Å². The second-order valence-corrected chi connectivity index (χ2v) is 5.17. The second kappa shape index (κ2) is 7.54. The molecule has 0 fully saturated rings. The van der Waals surface area contributed by atoms with Crippen molar-refractivity contribution < 1.29 is 13.9 Å².